The third-order valence-corrected chi connectivity index (χ3v) is 3.15. The normalized spacial score (nSPS) is 14.3. The maximum atomic E-state index is 12.9. The van der Waals surface area contributed by atoms with Crippen molar-refractivity contribution in [2.24, 2.45) is 5.92 Å². The summed E-state index contributed by atoms with van der Waals surface area (Å²) in [5.74, 6) is 0.185. The van der Waals surface area contributed by atoms with E-state index in [0.29, 0.717) is 23.2 Å². The topological polar surface area (TPSA) is 41.5 Å². The highest BCUT2D eigenvalue weighted by Gasteiger charge is 2.10. The Bertz CT molecular complexity index is 415. The summed E-state index contributed by atoms with van der Waals surface area (Å²) in [6, 6.07) is 4.10. The molecule has 1 aromatic rings. The number of hydrogen-bond acceptors (Lipinski definition) is 3. The Morgan fingerprint density at radius 1 is 1.35 bits per heavy atom. The van der Waals surface area contributed by atoms with Crippen molar-refractivity contribution >= 4 is 17.3 Å². The van der Waals surface area contributed by atoms with Crippen LogP contribution in [0.5, 0.6) is 0 Å². The molecule has 0 fully saturated rings. The Balaban J connectivity index is 2.30. The van der Waals surface area contributed by atoms with E-state index in [0.717, 1.165) is 6.42 Å². The molecule has 2 N–H and O–H groups in total. The number of benzene rings is 1. The van der Waals surface area contributed by atoms with E-state index in [4.69, 9.17) is 16.3 Å². The van der Waals surface area contributed by atoms with Crippen LogP contribution in [0.15, 0.2) is 18.2 Å². The van der Waals surface area contributed by atoms with Crippen LogP contribution in [-0.4, -0.2) is 30.5 Å². The predicted octanol–water partition coefficient (Wildman–Crippen LogP) is 3.70. The molecule has 0 radical (unpaired) electrons. The van der Waals surface area contributed by atoms with E-state index in [2.05, 4.69) is 19.2 Å². The number of halogens is 2. The quantitative estimate of drug-likeness (QED) is 0.769. The fraction of sp³-hybridized carbons (Fsp3) is 0.600. The fourth-order valence-electron chi connectivity index (χ4n) is 1.93. The summed E-state index contributed by atoms with van der Waals surface area (Å²) >= 11 is 5.88. The van der Waals surface area contributed by atoms with Gasteiger partial charge in [0.15, 0.2) is 0 Å². The average Bonchev–Trinajstić information content (AvgIpc) is 2.34. The summed E-state index contributed by atoms with van der Waals surface area (Å²) in [6.45, 7) is 6.83. The number of anilines is 1. The molecule has 0 bridgehead atoms. The van der Waals surface area contributed by atoms with Crippen molar-refractivity contribution in [2.75, 3.05) is 18.5 Å². The van der Waals surface area contributed by atoms with Crippen molar-refractivity contribution in [3.8, 4) is 0 Å². The van der Waals surface area contributed by atoms with Gasteiger partial charge in [-0.25, -0.2) is 4.39 Å². The van der Waals surface area contributed by atoms with Crippen LogP contribution in [0.25, 0.3) is 0 Å². The van der Waals surface area contributed by atoms with Crippen molar-refractivity contribution in [3.05, 3.63) is 29.0 Å². The third-order valence-electron chi connectivity index (χ3n) is 2.84. The molecule has 1 aromatic carbocycles. The van der Waals surface area contributed by atoms with Gasteiger partial charge >= 0.3 is 0 Å². The van der Waals surface area contributed by atoms with E-state index in [1.807, 2.05) is 6.92 Å². The highest BCUT2D eigenvalue weighted by molar-refractivity contribution is 6.33. The highest BCUT2D eigenvalue weighted by Crippen LogP contribution is 2.22. The lowest BCUT2D eigenvalue weighted by Crippen LogP contribution is -2.27. The first kappa shape index (κ1) is 17.2. The smallest absolute Gasteiger partial charge is 0.124 e. The zero-order chi connectivity index (χ0) is 15.1. The van der Waals surface area contributed by atoms with Gasteiger partial charge < -0.3 is 15.2 Å². The Labute approximate surface area is 125 Å². The van der Waals surface area contributed by atoms with Crippen LogP contribution >= 0.6 is 11.6 Å². The van der Waals surface area contributed by atoms with Gasteiger partial charge in [-0.3, -0.25) is 0 Å². The number of ether oxygens (including phenoxy) is 1. The van der Waals surface area contributed by atoms with E-state index < -0.39 is 6.10 Å². The standard InChI is InChI=1S/C15H23ClFNO2/c1-10(2)6-11(3)20-9-13(19)8-18-15-5-4-12(17)7-14(15)16/h4-5,7,10-11,13,18-19H,6,8-9H2,1-3H3. The molecule has 0 amide bonds. The average molecular weight is 304 g/mol. The molecule has 1 rings (SSSR count). The Morgan fingerprint density at radius 3 is 2.65 bits per heavy atom. The zero-order valence-electron chi connectivity index (χ0n) is 12.2. The number of aliphatic hydroxyl groups excluding tert-OH is 1. The first-order valence-electron chi connectivity index (χ1n) is 6.87. The maximum Gasteiger partial charge on any atom is 0.124 e. The monoisotopic (exact) mass is 303 g/mol. The van der Waals surface area contributed by atoms with Gasteiger partial charge in [0.2, 0.25) is 0 Å². The number of nitrogens with one attached hydrogen (secondary N) is 1. The van der Waals surface area contributed by atoms with Crippen molar-refractivity contribution < 1.29 is 14.2 Å². The molecular weight excluding hydrogens is 281 g/mol. The summed E-state index contributed by atoms with van der Waals surface area (Å²) in [5, 5.41) is 13.1. The minimum atomic E-state index is -0.634. The molecule has 2 atom stereocenters. The van der Waals surface area contributed by atoms with Crippen molar-refractivity contribution in [2.45, 2.75) is 39.4 Å². The van der Waals surface area contributed by atoms with Gasteiger partial charge in [-0.1, -0.05) is 25.4 Å². The molecular formula is C15H23ClFNO2. The van der Waals surface area contributed by atoms with Crippen LogP contribution < -0.4 is 5.32 Å². The molecule has 0 aliphatic rings. The summed E-state index contributed by atoms with van der Waals surface area (Å²) < 4.78 is 18.4. The zero-order valence-corrected chi connectivity index (χ0v) is 13.0. The lowest BCUT2D eigenvalue weighted by Gasteiger charge is -2.18. The predicted molar refractivity (Wildman–Crippen MR) is 80.8 cm³/mol. The van der Waals surface area contributed by atoms with Crippen LogP contribution in [0.2, 0.25) is 5.02 Å². The first-order chi connectivity index (χ1) is 9.38. The molecule has 3 nitrogen and oxygen atoms in total. The molecule has 2 unspecified atom stereocenters. The van der Waals surface area contributed by atoms with Crippen molar-refractivity contribution in [1.82, 2.24) is 0 Å². The first-order valence-corrected chi connectivity index (χ1v) is 7.25. The summed E-state index contributed by atoms with van der Waals surface area (Å²) in [6.07, 6.45) is 0.453. The fourth-order valence-corrected chi connectivity index (χ4v) is 2.16. The van der Waals surface area contributed by atoms with Gasteiger partial charge in [0, 0.05) is 6.54 Å². The van der Waals surface area contributed by atoms with Gasteiger partial charge in [0.1, 0.15) is 5.82 Å². The van der Waals surface area contributed by atoms with Gasteiger partial charge in [-0.2, -0.15) is 0 Å². The Morgan fingerprint density at radius 2 is 2.05 bits per heavy atom. The van der Waals surface area contributed by atoms with E-state index in [-0.39, 0.29) is 18.5 Å². The largest absolute Gasteiger partial charge is 0.389 e. The number of rotatable bonds is 8. The van der Waals surface area contributed by atoms with Gasteiger partial charge in [0.25, 0.3) is 0 Å². The van der Waals surface area contributed by atoms with Crippen LogP contribution in [0.1, 0.15) is 27.2 Å². The summed E-state index contributed by atoms with van der Waals surface area (Å²) in [5.41, 5.74) is 0.599. The van der Waals surface area contributed by atoms with Crippen LogP contribution in [0, 0.1) is 11.7 Å². The second kappa shape index (κ2) is 8.45. The second-order valence-electron chi connectivity index (χ2n) is 5.43. The molecule has 0 saturated carbocycles. The van der Waals surface area contributed by atoms with Crippen molar-refractivity contribution in [1.29, 1.82) is 0 Å². The maximum absolute atomic E-state index is 12.9. The Kier molecular flexibility index (Phi) is 7.27. The molecule has 20 heavy (non-hydrogen) atoms. The van der Waals surface area contributed by atoms with Crippen LogP contribution in [0.4, 0.5) is 10.1 Å². The van der Waals surface area contributed by atoms with E-state index >= 15 is 0 Å². The molecule has 0 aliphatic carbocycles. The summed E-state index contributed by atoms with van der Waals surface area (Å²) in [4.78, 5) is 0. The number of aliphatic hydroxyl groups is 1. The lowest BCUT2D eigenvalue weighted by molar-refractivity contribution is -0.00443. The Hall–Kier alpha value is -0.840. The molecule has 0 aromatic heterocycles. The SMILES string of the molecule is CC(C)CC(C)OCC(O)CNc1ccc(F)cc1Cl. The minimum Gasteiger partial charge on any atom is -0.389 e. The highest BCUT2D eigenvalue weighted by atomic mass is 35.5. The minimum absolute atomic E-state index is 0.124. The van der Waals surface area contributed by atoms with Crippen LogP contribution in [-0.2, 0) is 4.74 Å². The number of hydrogen-bond donors (Lipinski definition) is 2. The van der Waals surface area contributed by atoms with E-state index in [9.17, 15) is 9.50 Å². The molecule has 0 heterocycles. The van der Waals surface area contributed by atoms with Crippen molar-refractivity contribution in [3.63, 3.8) is 0 Å². The molecule has 0 spiro atoms. The molecule has 0 aliphatic heterocycles. The van der Waals surface area contributed by atoms with Gasteiger partial charge in [0.05, 0.1) is 29.5 Å². The molecule has 5 heteroatoms. The molecule has 114 valence electrons. The van der Waals surface area contributed by atoms with Gasteiger partial charge in [-0.05, 0) is 37.5 Å². The van der Waals surface area contributed by atoms with Gasteiger partial charge in [-0.15, -0.1) is 0 Å². The summed E-state index contributed by atoms with van der Waals surface area (Å²) in [7, 11) is 0. The lowest BCUT2D eigenvalue weighted by atomic mass is 10.1. The molecule has 0 saturated heterocycles. The third kappa shape index (κ3) is 6.55. The van der Waals surface area contributed by atoms with E-state index in [1.54, 1.807) is 6.07 Å². The van der Waals surface area contributed by atoms with E-state index in [1.165, 1.54) is 12.1 Å². The van der Waals surface area contributed by atoms with Crippen LogP contribution in [0.3, 0.4) is 0 Å². The second-order valence-corrected chi connectivity index (χ2v) is 5.84.